The number of hydrogen-bond acceptors (Lipinski definition) is 3. The van der Waals surface area contributed by atoms with Crippen molar-refractivity contribution in [1.29, 1.82) is 0 Å². The van der Waals surface area contributed by atoms with Gasteiger partial charge in [0, 0.05) is 13.1 Å². The Morgan fingerprint density at radius 3 is 2.48 bits per heavy atom. The van der Waals surface area contributed by atoms with Gasteiger partial charge in [0.2, 0.25) is 0 Å². The van der Waals surface area contributed by atoms with Crippen molar-refractivity contribution in [3.8, 4) is 0 Å². The maximum Gasteiger partial charge on any atom is 0.291 e. The molecule has 112 valence electrons. The number of pyridine rings is 1. The van der Waals surface area contributed by atoms with Gasteiger partial charge in [-0.1, -0.05) is 17.7 Å². The summed E-state index contributed by atoms with van der Waals surface area (Å²) in [5, 5.41) is 1.29. The Balaban J connectivity index is 2.72. The zero-order chi connectivity index (χ0) is 15.6. The summed E-state index contributed by atoms with van der Waals surface area (Å²) in [6.07, 6.45) is 0. The summed E-state index contributed by atoms with van der Waals surface area (Å²) < 4.78 is 1.07. The normalized spacial score (nSPS) is 10.7. The van der Waals surface area contributed by atoms with Gasteiger partial charge in [-0.25, -0.2) is 0 Å². The molecule has 0 atom stereocenters. The SMILES string of the molecule is CCN(CC)C(=O)c1cc2ccc(C)cc2c(=O)n1OC. The van der Waals surface area contributed by atoms with E-state index < -0.39 is 0 Å². The fourth-order valence-corrected chi connectivity index (χ4v) is 2.41. The Bertz CT molecular complexity index is 730. The fourth-order valence-electron chi connectivity index (χ4n) is 2.41. The molecular weight excluding hydrogens is 268 g/mol. The largest absolute Gasteiger partial charge is 0.413 e. The highest BCUT2D eigenvalue weighted by atomic mass is 16.7. The van der Waals surface area contributed by atoms with E-state index in [0.29, 0.717) is 18.5 Å². The number of benzene rings is 1. The van der Waals surface area contributed by atoms with Crippen molar-refractivity contribution in [2.75, 3.05) is 20.2 Å². The van der Waals surface area contributed by atoms with Crippen LogP contribution in [0.1, 0.15) is 29.9 Å². The molecule has 21 heavy (non-hydrogen) atoms. The molecule has 1 heterocycles. The van der Waals surface area contributed by atoms with Crippen molar-refractivity contribution >= 4 is 16.7 Å². The van der Waals surface area contributed by atoms with Gasteiger partial charge in [0.05, 0.1) is 5.39 Å². The van der Waals surface area contributed by atoms with Gasteiger partial charge >= 0.3 is 0 Å². The number of carbonyl (C=O) groups is 1. The fraction of sp³-hybridized carbons (Fsp3) is 0.375. The maximum absolute atomic E-state index is 12.5. The number of fused-ring (bicyclic) bond motifs is 1. The minimum atomic E-state index is -0.311. The van der Waals surface area contributed by atoms with Crippen LogP contribution in [0.25, 0.3) is 10.8 Å². The van der Waals surface area contributed by atoms with E-state index in [1.54, 1.807) is 17.0 Å². The summed E-state index contributed by atoms with van der Waals surface area (Å²) in [5.74, 6) is -0.207. The van der Waals surface area contributed by atoms with Gasteiger partial charge in [-0.15, -0.1) is 4.73 Å². The molecule has 0 fully saturated rings. The van der Waals surface area contributed by atoms with Crippen LogP contribution in [-0.2, 0) is 0 Å². The van der Waals surface area contributed by atoms with Crippen molar-refractivity contribution in [3.05, 3.63) is 45.9 Å². The number of amides is 1. The third-order valence-electron chi connectivity index (χ3n) is 3.59. The molecule has 5 nitrogen and oxygen atoms in total. The van der Waals surface area contributed by atoms with Crippen molar-refractivity contribution < 1.29 is 9.63 Å². The first-order valence-corrected chi connectivity index (χ1v) is 7.03. The molecule has 0 aliphatic rings. The topological polar surface area (TPSA) is 51.5 Å². The molecule has 0 aliphatic carbocycles. The van der Waals surface area contributed by atoms with E-state index in [9.17, 15) is 9.59 Å². The third-order valence-corrected chi connectivity index (χ3v) is 3.59. The van der Waals surface area contributed by atoms with Gasteiger partial charge in [0.15, 0.2) is 0 Å². The number of aromatic nitrogens is 1. The molecule has 0 radical (unpaired) electrons. The molecule has 0 N–H and O–H groups in total. The lowest BCUT2D eigenvalue weighted by atomic mass is 10.1. The summed E-state index contributed by atoms with van der Waals surface area (Å²) >= 11 is 0. The van der Waals surface area contributed by atoms with Crippen LogP contribution < -0.4 is 10.4 Å². The van der Waals surface area contributed by atoms with Crippen LogP contribution in [0, 0.1) is 6.92 Å². The lowest BCUT2D eigenvalue weighted by Crippen LogP contribution is -2.37. The predicted octanol–water partition coefficient (Wildman–Crippen LogP) is 1.85. The zero-order valence-electron chi connectivity index (χ0n) is 12.8. The van der Waals surface area contributed by atoms with Gasteiger partial charge in [-0.05, 0) is 38.3 Å². The number of nitrogens with zero attached hydrogens (tertiary/aromatic N) is 2. The molecular formula is C16H20N2O3. The highest BCUT2D eigenvalue weighted by Crippen LogP contribution is 2.15. The Morgan fingerprint density at radius 1 is 1.24 bits per heavy atom. The Labute approximate surface area is 123 Å². The van der Waals surface area contributed by atoms with Crippen LogP contribution >= 0.6 is 0 Å². The summed E-state index contributed by atoms with van der Waals surface area (Å²) in [6, 6.07) is 7.29. The van der Waals surface area contributed by atoms with E-state index in [2.05, 4.69) is 0 Å². The average molecular weight is 288 g/mol. The lowest BCUT2D eigenvalue weighted by Gasteiger charge is -2.20. The van der Waals surface area contributed by atoms with E-state index in [1.807, 2.05) is 32.9 Å². The van der Waals surface area contributed by atoms with Gasteiger partial charge < -0.3 is 9.74 Å². The second kappa shape index (κ2) is 5.99. The van der Waals surface area contributed by atoms with Crippen LogP contribution in [0.15, 0.2) is 29.1 Å². The molecule has 0 spiro atoms. The van der Waals surface area contributed by atoms with E-state index in [-0.39, 0.29) is 17.2 Å². The maximum atomic E-state index is 12.5. The molecule has 0 bridgehead atoms. The van der Waals surface area contributed by atoms with Crippen molar-refractivity contribution in [1.82, 2.24) is 9.63 Å². The number of hydrogen-bond donors (Lipinski definition) is 0. The molecule has 2 rings (SSSR count). The first kappa shape index (κ1) is 15.1. The number of aryl methyl sites for hydroxylation is 1. The first-order chi connectivity index (χ1) is 10.0. The molecule has 5 heteroatoms. The van der Waals surface area contributed by atoms with E-state index in [1.165, 1.54) is 7.11 Å². The van der Waals surface area contributed by atoms with Crippen LogP contribution in [0.2, 0.25) is 0 Å². The molecule has 1 aromatic heterocycles. The smallest absolute Gasteiger partial charge is 0.291 e. The van der Waals surface area contributed by atoms with Gasteiger partial charge in [0.1, 0.15) is 12.8 Å². The quantitative estimate of drug-likeness (QED) is 0.862. The molecule has 0 aliphatic heterocycles. The first-order valence-electron chi connectivity index (χ1n) is 7.03. The molecule has 1 aromatic carbocycles. The van der Waals surface area contributed by atoms with Crippen LogP contribution in [0.4, 0.5) is 0 Å². The van der Waals surface area contributed by atoms with E-state index >= 15 is 0 Å². The summed E-state index contributed by atoms with van der Waals surface area (Å²) in [6.45, 7) is 6.89. The van der Waals surface area contributed by atoms with Crippen LogP contribution in [0.5, 0.6) is 0 Å². The molecule has 2 aromatic rings. The molecule has 0 saturated carbocycles. The highest BCUT2D eigenvalue weighted by molar-refractivity contribution is 5.96. The highest BCUT2D eigenvalue weighted by Gasteiger charge is 2.20. The molecule has 1 amide bonds. The van der Waals surface area contributed by atoms with E-state index in [4.69, 9.17) is 4.84 Å². The summed E-state index contributed by atoms with van der Waals surface area (Å²) in [5.41, 5.74) is 0.932. The van der Waals surface area contributed by atoms with Crippen molar-refractivity contribution in [2.24, 2.45) is 0 Å². The molecule has 0 saturated heterocycles. The van der Waals surface area contributed by atoms with Gasteiger partial charge in [-0.3, -0.25) is 9.59 Å². The Kier molecular flexibility index (Phi) is 4.31. The van der Waals surface area contributed by atoms with Crippen LogP contribution in [-0.4, -0.2) is 35.7 Å². The number of rotatable bonds is 4. The van der Waals surface area contributed by atoms with Gasteiger partial charge in [0.25, 0.3) is 11.5 Å². The van der Waals surface area contributed by atoms with Gasteiger partial charge in [-0.2, -0.15) is 0 Å². The minimum absolute atomic E-state index is 0.207. The second-order valence-electron chi connectivity index (χ2n) is 4.88. The zero-order valence-corrected chi connectivity index (χ0v) is 12.8. The van der Waals surface area contributed by atoms with Crippen LogP contribution in [0.3, 0.4) is 0 Å². The standard InChI is InChI=1S/C16H20N2O3/c1-5-17(6-2)16(20)14-10-12-8-7-11(3)9-13(12)15(19)18(14)21-4/h7-10H,5-6H2,1-4H3. The monoisotopic (exact) mass is 288 g/mol. The second-order valence-corrected chi connectivity index (χ2v) is 4.88. The minimum Gasteiger partial charge on any atom is -0.413 e. The summed E-state index contributed by atoms with van der Waals surface area (Å²) in [7, 11) is 1.39. The van der Waals surface area contributed by atoms with E-state index in [0.717, 1.165) is 15.7 Å². The van der Waals surface area contributed by atoms with Crippen molar-refractivity contribution in [2.45, 2.75) is 20.8 Å². The molecule has 0 unspecified atom stereocenters. The average Bonchev–Trinajstić information content (AvgIpc) is 2.48. The Hall–Kier alpha value is -2.30. The van der Waals surface area contributed by atoms with Crippen molar-refractivity contribution in [3.63, 3.8) is 0 Å². The lowest BCUT2D eigenvalue weighted by molar-refractivity contribution is 0.0707. The number of carbonyl (C=O) groups excluding carboxylic acids is 1. The summed E-state index contributed by atoms with van der Waals surface area (Å²) in [4.78, 5) is 31.8. The predicted molar refractivity (Wildman–Crippen MR) is 82.7 cm³/mol. The Morgan fingerprint density at radius 2 is 1.90 bits per heavy atom. The third kappa shape index (κ3) is 2.63.